The molecule has 1 unspecified atom stereocenters. The SMILES string of the molecule is C=CC1=CCC(S)C=C1. The average molecular weight is 138 g/mol. The zero-order valence-electron chi connectivity index (χ0n) is 5.25. The molecule has 0 heterocycles. The van der Waals surface area contributed by atoms with Crippen LogP contribution in [0.2, 0.25) is 0 Å². The molecule has 0 saturated carbocycles. The van der Waals surface area contributed by atoms with Crippen LogP contribution in [0.1, 0.15) is 6.42 Å². The first kappa shape index (κ1) is 6.69. The van der Waals surface area contributed by atoms with E-state index in [1.807, 2.05) is 12.2 Å². The molecule has 0 N–H and O–H groups in total. The van der Waals surface area contributed by atoms with Crippen LogP contribution in [0.15, 0.2) is 36.5 Å². The number of hydrogen-bond acceptors (Lipinski definition) is 1. The Kier molecular flexibility index (Phi) is 2.17. The molecule has 0 fully saturated rings. The van der Waals surface area contributed by atoms with E-state index in [4.69, 9.17) is 0 Å². The van der Waals surface area contributed by atoms with Gasteiger partial charge in [0.25, 0.3) is 0 Å². The molecule has 48 valence electrons. The van der Waals surface area contributed by atoms with Gasteiger partial charge in [0.2, 0.25) is 0 Å². The highest BCUT2D eigenvalue weighted by atomic mass is 32.1. The third kappa shape index (κ3) is 1.75. The standard InChI is InChI=1S/C8H10S/c1-2-7-3-5-8(9)6-4-7/h2-5,8-9H,1,6H2. The molecule has 0 bridgehead atoms. The monoisotopic (exact) mass is 138 g/mol. The van der Waals surface area contributed by atoms with Crippen LogP contribution < -0.4 is 0 Å². The van der Waals surface area contributed by atoms with Crippen molar-refractivity contribution >= 4 is 12.6 Å². The van der Waals surface area contributed by atoms with Gasteiger partial charge in [-0.3, -0.25) is 0 Å². The summed E-state index contributed by atoms with van der Waals surface area (Å²) in [6, 6.07) is 0. The fourth-order valence-electron chi connectivity index (χ4n) is 0.777. The fourth-order valence-corrected chi connectivity index (χ4v) is 0.968. The van der Waals surface area contributed by atoms with Crippen molar-refractivity contribution in [2.45, 2.75) is 11.7 Å². The van der Waals surface area contributed by atoms with Crippen molar-refractivity contribution in [1.82, 2.24) is 0 Å². The lowest BCUT2D eigenvalue weighted by Crippen LogP contribution is -1.95. The van der Waals surface area contributed by atoms with Gasteiger partial charge in [0.15, 0.2) is 0 Å². The van der Waals surface area contributed by atoms with Crippen LogP contribution in [0.25, 0.3) is 0 Å². The molecule has 0 aromatic carbocycles. The average Bonchev–Trinajstić information content (AvgIpc) is 1.90. The van der Waals surface area contributed by atoms with Crippen LogP contribution >= 0.6 is 12.6 Å². The van der Waals surface area contributed by atoms with Gasteiger partial charge < -0.3 is 0 Å². The Labute approximate surface area is 61.4 Å². The maximum absolute atomic E-state index is 4.28. The zero-order valence-corrected chi connectivity index (χ0v) is 6.14. The van der Waals surface area contributed by atoms with E-state index >= 15 is 0 Å². The van der Waals surface area contributed by atoms with Crippen LogP contribution in [0.4, 0.5) is 0 Å². The Morgan fingerprint density at radius 2 is 2.56 bits per heavy atom. The van der Waals surface area contributed by atoms with Gasteiger partial charge in [-0.25, -0.2) is 0 Å². The minimum Gasteiger partial charge on any atom is -0.171 e. The summed E-state index contributed by atoms with van der Waals surface area (Å²) in [7, 11) is 0. The molecule has 0 aliphatic heterocycles. The second-order valence-corrected chi connectivity index (χ2v) is 2.73. The van der Waals surface area contributed by atoms with Crippen molar-refractivity contribution in [2.75, 3.05) is 0 Å². The summed E-state index contributed by atoms with van der Waals surface area (Å²) in [5.41, 5.74) is 1.21. The predicted octanol–water partition coefficient (Wildman–Crippen LogP) is 2.36. The predicted molar refractivity (Wildman–Crippen MR) is 44.8 cm³/mol. The van der Waals surface area contributed by atoms with Gasteiger partial charge in [0, 0.05) is 5.25 Å². The van der Waals surface area contributed by atoms with Crippen LogP contribution in [0.3, 0.4) is 0 Å². The molecule has 1 rings (SSSR count). The minimum atomic E-state index is 0.411. The molecular weight excluding hydrogens is 128 g/mol. The van der Waals surface area contributed by atoms with Crippen LogP contribution in [-0.4, -0.2) is 5.25 Å². The van der Waals surface area contributed by atoms with Gasteiger partial charge in [0.05, 0.1) is 0 Å². The smallest absolute Gasteiger partial charge is 0.0234 e. The first-order valence-electron chi connectivity index (χ1n) is 3.02. The number of allylic oxidation sites excluding steroid dienone is 4. The largest absolute Gasteiger partial charge is 0.171 e. The van der Waals surface area contributed by atoms with Crippen molar-refractivity contribution in [3.8, 4) is 0 Å². The molecular formula is C8H10S. The first-order chi connectivity index (χ1) is 4.33. The second-order valence-electron chi connectivity index (χ2n) is 2.07. The third-order valence-electron chi connectivity index (χ3n) is 1.34. The van der Waals surface area contributed by atoms with Crippen molar-refractivity contribution in [3.63, 3.8) is 0 Å². The van der Waals surface area contributed by atoms with Crippen LogP contribution in [-0.2, 0) is 0 Å². The Bertz CT molecular complexity index is 165. The van der Waals surface area contributed by atoms with E-state index < -0.39 is 0 Å². The molecule has 1 aliphatic rings. The van der Waals surface area contributed by atoms with Gasteiger partial charge >= 0.3 is 0 Å². The van der Waals surface area contributed by atoms with Crippen LogP contribution in [0, 0.1) is 0 Å². The van der Waals surface area contributed by atoms with Gasteiger partial charge in [-0.1, -0.05) is 30.9 Å². The molecule has 0 saturated heterocycles. The van der Waals surface area contributed by atoms with E-state index in [0.29, 0.717) is 5.25 Å². The Hall–Kier alpha value is -0.430. The highest BCUT2D eigenvalue weighted by Crippen LogP contribution is 2.14. The molecule has 0 radical (unpaired) electrons. The Balaban J connectivity index is 2.62. The van der Waals surface area contributed by atoms with E-state index in [0.717, 1.165) is 6.42 Å². The fraction of sp³-hybridized carbons (Fsp3) is 0.250. The van der Waals surface area contributed by atoms with Crippen molar-refractivity contribution in [3.05, 3.63) is 36.5 Å². The van der Waals surface area contributed by atoms with Gasteiger partial charge in [-0.05, 0) is 12.0 Å². The maximum Gasteiger partial charge on any atom is 0.0234 e. The summed E-state index contributed by atoms with van der Waals surface area (Å²) in [5.74, 6) is 0. The molecule has 0 amide bonds. The van der Waals surface area contributed by atoms with Gasteiger partial charge in [-0.15, -0.1) is 0 Å². The summed E-state index contributed by atoms with van der Waals surface area (Å²) >= 11 is 4.28. The topological polar surface area (TPSA) is 0 Å². The molecule has 0 spiro atoms. The van der Waals surface area contributed by atoms with Crippen LogP contribution in [0.5, 0.6) is 0 Å². The summed E-state index contributed by atoms with van der Waals surface area (Å²) in [4.78, 5) is 0. The Morgan fingerprint density at radius 1 is 1.78 bits per heavy atom. The second kappa shape index (κ2) is 2.92. The lowest BCUT2D eigenvalue weighted by molar-refractivity contribution is 1.05. The molecule has 0 aromatic rings. The third-order valence-corrected chi connectivity index (χ3v) is 1.72. The van der Waals surface area contributed by atoms with Crippen molar-refractivity contribution in [1.29, 1.82) is 0 Å². The lowest BCUT2D eigenvalue weighted by Gasteiger charge is -2.06. The van der Waals surface area contributed by atoms with Gasteiger partial charge in [0.1, 0.15) is 0 Å². The van der Waals surface area contributed by atoms with E-state index in [-0.39, 0.29) is 0 Å². The molecule has 1 aliphatic carbocycles. The normalized spacial score (nSPS) is 25.4. The molecule has 1 atom stereocenters. The summed E-state index contributed by atoms with van der Waals surface area (Å²) < 4.78 is 0. The van der Waals surface area contributed by atoms with Gasteiger partial charge in [-0.2, -0.15) is 12.6 Å². The molecule has 0 aromatic heterocycles. The number of thiol groups is 1. The quantitative estimate of drug-likeness (QED) is 0.528. The highest BCUT2D eigenvalue weighted by molar-refractivity contribution is 7.81. The minimum absolute atomic E-state index is 0.411. The van der Waals surface area contributed by atoms with E-state index in [1.54, 1.807) is 0 Å². The van der Waals surface area contributed by atoms with Crippen molar-refractivity contribution in [2.24, 2.45) is 0 Å². The summed E-state index contributed by atoms with van der Waals surface area (Å²) in [5, 5.41) is 0.411. The molecule has 0 nitrogen and oxygen atoms in total. The highest BCUT2D eigenvalue weighted by Gasteiger charge is 1.99. The van der Waals surface area contributed by atoms with E-state index in [2.05, 4.69) is 31.4 Å². The first-order valence-corrected chi connectivity index (χ1v) is 3.53. The molecule has 1 heteroatoms. The van der Waals surface area contributed by atoms with E-state index in [1.165, 1.54) is 5.57 Å². The Morgan fingerprint density at radius 3 is 3.00 bits per heavy atom. The van der Waals surface area contributed by atoms with E-state index in [9.17, 15) is 0 Å². The number of hydrogen-bond donors (Lipinski definition) is 1. The van der Waals surface area contributed by atoms with Crippen molar-refractivity contribution < 1.29 is 0 Å². The zero-order chi connectivity index (χ0) is 6.69. The maximum atomic E-state index is 4.28. The number of rotatable bonds is 1. The lowest BCUT2D eigenvalue weighted by atomic mass is 10.1. The molecule has 9 heavy (non-hydrogen) atoms. The summed E-state index contributed by atoms with van der Waals surface area (Å²) in [6.07, 6.45) is 9.16. The summed E-state index contributed by atoms with van der Waals surface area (Å²) in [6.45, 7) is 3.66.